The lowest BCUT2D eigenvalue weighted by atomic mass is 10.1. The van der Waals surface area contributed by atoms with Gasteiger partial charge in [0.25, 0.3) is 5.91 Å². The van der Waals surface area contributed by atoms with E-state index in [0.29, 0.717) is 23.7 Å². The van der Waals surface area contributed by atoms with Crippen molar-refractivity contribution in [2.45, 2.75) is 32.2 Å². The first-order chi connectivity index (χ1) is 12.5. The lowest BCUT2D eigenvalue weighted by molar-refractivity contribution is -0.124. The van der Waals surface area contributed by atoms with E-state index in [4.69, 9.17) is 11.6 Å². The van der Waals surface area contributed by atoms with Crippen LogP contribution in [0.4, 0.5) is 5.69 Å². The van der Waals surface area contributed by atoms with Crippen molar-refractivity contribution in [1.29, 1.82) is 0 Å². The van der Waals surface area contributed by atoms with Crippen LogP contribution >= 0.6 is 11.6 Å². The van der Waals surface area contributed by atoms with Crippen LogP contribution in [0.5, 0.6) is 0 Å². The minimum atomic E-state index is -0.497. The summed E-state index contributed by atoms with van der Waals surface area (Å²) in [6.07, 6.45) is 3.40. The van der Waals surface area contributed by atoms with Crippen LogP contribution in [0.15, 0.2) is 42.5 Å². The maximum absolute atomic E-state index is 12.9. The van der Waals surface area contributed by atoms with Gasteiger partial charge in [-0.05, 0) is 67.6 Å². The summed E-state index contributed by atoms with van der Waals surface area (Å²) in [5, 5.41) is 0.520. The van der Waals surface area contributed by atoms with Gasteiger partial charge in [-0.15, -0.1) is 0 Å². The molecule has 2 aromatic rings. The number of aryl methyl sites for hydroxylation is 2. The van der Waals surface area contributed by atoms with Crippen molar-refractivity contribution in [3.63, 3.8) is 0 Å². The Hall–Kier alpha value is -2.33. The van der Waals surface area contributed by atoms with E-state index in [2.05, 4.69) is 12.1 Å². The zero-order valence-corrected chi connectivity index (χ0v) is 15.5. The maximum atomic E-state index is 12.9. The van der Waals surface area contributed by atoms with Gasteiger partial charge in [-0.2, -0.15) is 0 Å². The zero-order chi connectivity index (χ0) is 18.3. The minimum absolute atomic E-state index is 0.0374. The molecule has 0 radical (unpaired) electrons. The zero-order valence-electron chi connectivity index (χ0n) is 14.7. The summed E-state index contributed by atoms with van der Waals surface area (Å²) < 4.78 is 0. The second kappa shape index (κ2) is 6.76. The van der Waals surface area contributed by atoms with Gasteiger partial charge >= 0.3 is 0 Å². The lowest BCUT2D eigenvalue weighted by Crippen LogP contribution is -2.57. The summed E-state index contributed by atoms with van der Waals surface area (Å²) in [4.78, 5) is 29.2. The Morgan fingerprint density at radius 1 is 1.08 bits per heavy atom. The number of benzene rings is 2. The van der Waals surface area contributed by atoms with Crippen LogP contribution in [-0.4, -0.2) is 35.8 Å². The summed E-state index contributed by atoms with van der Waals surface area (Å²) in [6, 6.07) is 12.7. The summed E-state index contributed by atoms with van der Waals surface area (Å²) in [5.74, 6) is -0.188. The molecule has 134 valence electrons. The number of fused-ring (bicyclic) bond motifs is 1. The highest BCUT2D eigenvalue weighted by molar-refractivity contribution is 6.31. The number of carbonyl (C=O) groups excluding carboxylic acids is 2. The van der Waals surface area contributed by atoms with Gasteiger partial charge in [0, 0.05) is 29.4 Å². The van der Waals surface area contributed by atoms with Gasteiger partial charge in [0.15, 0.2) is 0 Å². The third-order valence-electron chi connectivity index (χ3n) is 5.38. The summed E-state index contributed by atoms with van der Waals surface area (Å²) in [6.45, 7) is 2.81. The standard InChI is InChI=1S/C21H21ClN2O2/c1-14-20(25)24(19-9-8-15-4-2-5-16(15)13-19)11-10-23(14)21(26)17-6-3-7-18(22)12-17/h3,6-9,12-14H,2,4-5,10-11H2,1H3/t14-/m1/s1. The van der Waals surface area contributed by atoms with Crippen LogP contribution in [0.1, 0.15) is 34.8 Å². The van der Waals surface area contributed by atoms with Gasteiger partial charge in [-0.1, -0.05) is 23.7 Å². The molecule has 2 amide bonds. The molecule has 1 aliphatic carbocycles. The molecule has 2 aliphatic rings. The molecule has 1 aliphatic heterocycles. The second-order valence-electron chi connectivity index (χ2n) is 6.98. The van der Waals surface area contributed by atoms with E-state index in [1.807, 2.05) is 11.0 Å². The third-order valence-corrected chi connectivity index (χ3v) is 5.62. The topological polar surface area (TPSA) is 40.6 Å². The first kappa shape index (κ1) is 17.1. The van der Waals surface area contributed by atoms with Crippen LogP contribution < -0.4 is 4.90 Å². The van der Waals surface area contributed by atoms with Gasteiger partial charge in [0.2, 0.25) is 5.91 Å². The number of piperazine rings is 1. The molecule has 0 aromatic heterocycles. The Morgan fingerprint density at radius 2 is 1.88 bits per heavy atom. The second-order valence-corrected chi connectivity index (χ2v) is 7.42. The molecule has 2 aromatic carbocycles. The van der Waals surface area contributed by atoms with E-state index >= 15 is 0 Å². The predicted octanol–water partition coefficient (Wildman–Crippen LogP) is 3.71. The molecule has 4 nitrogen and oxygen atoms in total. The minimum Gasteiger partial charge on any atom is -0.325 e. The summed E-state index contributed by atoms with van der Waals surface area (Å²) >= 11 is 6.00. The van der Waals surface area contributed by atoms with Crippen LogP contribution in [0.2, 0.25) is 5.02 Å². The van der Waals surface area contributed by atoms with E-state index in [0.717, 1.165) is 18.5 Å². The molecule has 26 heavy (non-hydrogen) atoms. The molecule has 4 rings (SSSR count). The molecule has 1 heterocycles. The van der Waals surface area contributed by atoms with E-state index < -0.39 is 6.04 Å². The first-order valence-corrected chi connectivity index (χ1v) is 9.42. The molecule has 0 bridgehead atoms. The van der Waals surface area contributed by atoms with Crippen molar-refractivity contribution in [2.24, 2.45) is 0 Å². The number of anilines is 1. The van der Waals surface area contributed by atoms with Gasteiger partial charge in [-0.25, -0.2) is 0 Å². The maximum Gasteiger partial charge on any atom is 0.254 e. The smallest absolute Gasteiger partial charge is 0.254 e. The quantitative estimate of drug-likeness (QED) is 0.810. The predicted molar refractivity (Wildman–Crippen MR) is 103 cm³/mol. The average molecular weight is 369 g/mol. The normalized spacial score (nSPS) is 19.6. The molecular formula is C21H21ClN2O2. The van der Waals surface area contributed by atoms with Crippen molar-refractivity contribution in [2.75, 3.05) is 18.0 Å². The number of nitrogens with zero attached hydrogens (tertiary/aromatic N) is 2. The fourth-order valence-electron chi connectivity index (χ4n) is 3.92. The van der Waals surface area contributed by atoms with E-state index in [1.54, 1.807) is 36.1 Å². The third kappa shape index (κ3) is 2.99. The molecule has 0 saturated carbocycles. The van der Waals surface area contributed by atoms with Crippen molar-refractivity contribution in [1.82, 2.24) is 4.90 Å². The number of halogens is 1. The Labute approximate surface area is 158 Å². The molecule has 1 fully saturated rings. The number of hydrogen-bond donors (Lipinski definition) is 0. The van der Waals surface area contributed by atoms with Crippen molar-refractivity contribution in [3.05, 3.63) is 64.2 Å². The van der Waals surface area contributed by atoms with E-state index in [1.165, 1.54) is 17.5 Å². The Morgan fingerprint density at radius 3 is 2.69 bits per heavy atom. The molecule has 0 N–H and O–H groups in total. The van der Waals surface area contributed by atoms with Crippen molar-refractivity contribution < 1.29 is 9.59 Å². The number of carbonyl (C=O) groups is 2. The average Bonchev–Trinajstić information content (AvgIpc) is 3.11. The van der Waals surface area contributed by atoms with Gasteiger partial charge in [0.1, 0.15) is 6.04 Å². The fourth-order valence-corrected chi connectivity index (χ4v) is 4.11. The highest BCUT2D eigenvalue weighted by Gasteiger charge is 2.35. The summed E-state index contributed by atoms with van der Waals surface area (Å²) in [7, 11) is 0. The highest BCUT2D eigenvalue weighted by Crippen LogP contribution is 2.29. The fraction of sp³-hybridized carbons (Fsp3) is 0.333. The van der Waals surface area contributed by atoms with Gasteiger partial charge < -0.3 is 9.80 Å². The number of amides is 2. The van der Waals surface area contributed by atoms with Crippen molar-refractivity contribution in [3.8, 4) is 0 Å². The van der Waals surface area contributed by atoms with E-state index in [-0.39, 0.29) is 11.8 Å². The van der Waals surface area contributed by atoms with Crippen LogP contribution in [-0.2, 0) is 17.6 Å². The Balaban J connectivity index is 1.54. The monoisotopic (exact) mass is 368 g/mol. The highest BCUT2D eigenvalue weighted by atomic mass is 35.5. The molecule has 1 saturated heterocycles. The molecule has 0 unspecified atom stereocenters. The summed E-state index contributed by atoms with van der Waals surface area (Å²) in [5.41, 5.74) is 4.20. The first-order valence-electron chi connectivity index (χ1n) is 9.04. The number of rotatable bonds is 2. The van der Waals surface area contributed by atoms with E-state index in [9.17, 15) is 9.59 Å². The SMILES string of the molecule is C[C@@H]1C(=O)N(c2ccc3c(c2)CCC3)CCN1C(=O)c1cccc(Cl)c1. The van der Waals surface area contributed by atoms with Crippen LogP contribution in [0.3, 0.4) is 0 Å². The largest absolute Gasteiger partial charge is 0.325 e. The van der Waals surface area contributed by atoms with Crippen LogP contribution in [0.25, 0.3) is 0 Å². The molecule has 5 heteroatoms. The Bertz CT molecular complexity index is 880. The Kier molecular flexibility index (Phi) is 4.45. The number of hydrogen-bond acceptors (Lipinski definition) is 2. The molecule has 0 spiro atoms. The van der Waals surface area contributed by atoms with Crippen LogP contribution in [0, 0.1) is 0 Å². The van der Waals surface area contributed by atoms with Gasteiger partial charge in [-0.3, -0.25) is 9.59 Å². The molecular weight excluding hydrogens is 348 g/mol. The van der Waals surface area contributed by atoms with Gasteiger partial charge in [0.05, 0.1) is 0 Å². The molecule has 1 atom stereocenters. The van der Waals surface area contributed by atoms with Crippen molar-refractivity contribution >= 4 is 29.1 Å². The lowest BCUT2D eigenvalue weighted by Gasteiger charge is -2.39.